The number of carboxylic acids is 2. The van der Waals surface area contributed by atoms with Crippen LogP contribution in [0.15, 0.2) is 0 Å². The van der Waals surface area contributed by atoms with Crippen molar-refractivity contribution in [1.29, 1.82) is 0 Å². The van der Waals surface area contributed by atoms with Gasteiger partial charge in [0.2, 0.25) is 23.6 Å². The maximum atomic E-state index is 12.7. The third-order valence-corrected chi connectivity index (χ3v) is 4.43. The first-order valence-corrected chi connectivity index (χ1v) is 9.93. The number of hydrogen-bond acceptors (Lipinski definition) is 9. The van der Waals surface area contributed by atoms with Crippen LogP contribution in [0, 0.1) is 0 Å². The molecule has 11 N–H and O–H groups in total. The Hall–Kier alpha value is -3.30. The second-order valence-electron chi connectivity index (χ2n) is 7.40. The zero-order valence-corrected chi connectivity index (χ0v) is 18.2. The number of primary amides is 1. The number of aliphatic carboxylic acids is 2. The number of rotatable bonds is 15. The van der Waals surface area contributed by atoms with Gasteiger partial charge in [-0.25, -0.2) is 4.79 Å². The molecule has 0 spiro atoms. The average Bonchev–Trinajstić information content (AvgIpc) is 2.69. The summed E-state index contributed by atoms with van der Waals surface area (Å²) in [4.78, 5) is 70.2. The van der Waals surface area contributed by atoms with Crippen LogP contribution in [0.4, 0.5) is 0 Å². The molecule has 0 saturated carbocycles. The van der Waals surface area contributed by atoms with E-state index in [1.165, 1.54) is 0 Å². The standard InChI is InChI=1S/C18H31N5O10/c1-7(24)13(17(31)23-14(8(2)25)18(32)33)22-16(30)10(4-6-12(27)28)21-15(29)9(19)3-5-11(20)26/h7-10,13-14,24-25H,3-6,19H2,1-2H3,(H2,20,26)(H,21,29)(H,22,30)(H,23,31)(H,27,28)(H,32,33). The lowest BCUT2D eigenvalue weighted by atomic mass is 10.1. The van der Waals surface area contributed by atoms with Crippen LogP contribution in [0.1, 0.15) is 39.5 Å². The van der Waals surface area contributed by atoms with Crippen LogP contribution in [0.25, 0.3) is 0 Å². The van der Waals surface area contributed by atoms with E-state index in [2.05, 4.69) is 10.6 Å². The topological polar surface area (TPSA) is 271 Å². The van der Waals surface area contributed by atoms with Crippen molar-refractivity contribution < 1.29 is 49.2 Å². The number of carbonyl (C=O) groups excluding carboxylic acids is 4. The number of nitrogens with two attached hydrogens (primary N) is 2. The molecule has 0 aliphatic carbocycles. The summed E-state index contributed by atoms with van der Waals surface area (Å²) < 4.78 is 0. The molecule has 15 heteroatoms. The molecule has 0 aliphatic heterocycles. The Balaban J connectivity index is 5.46. The van der Waals surface area contributed by atoms with E-state index in [4.69, 9.17) is 21.7 Å². The highest BCUT2D eigenvalue weighted by molar-refractivity contribution is 5.94. The van der Waals surface area contributed by atoms with Gasteiger partial charge in [-0.15, -0.1) is 0 Å². The molecule has 4 amide bonds. The highest BCUT2D eigenvalue weighted by atomic mass is 16.4. The van der Waals surface area contributed by atoms with E-state index >= 15 is 0 Å². The maximum absolute atomic E-state index is 12.7. The number of nitrogens with one attached hydrogen (secondary N) is 3. The van der Waals surface area contributed by atoms with Gasteiger partial charge in [0, 0.05) is 12.8 Å². The summed E-state index contributed by atoms with van der Waals surface area (Å²) in [6.07, 6.45) is -4.34. The zero-order valence-electron chi connectivity index (χ0n) is 18.2. The van der Waals surface area contributed by atoms with Gasteiger partial charge in [-0.2, -0.15) is 0 Å². The number of aliphatic hydroxyl groups excluding tert-OH is 2. The lowest BCUT2D eigenvalue weighted by molar-refractivity contribution is -0.146. The molecule has 0 heterocycles. The average molecular weight is 477 g/mol. The van der Waals surface area contributed by atoms with Gasteiger partial charge in [-0.05, 0) is 26.7 Å². The third kappa shape index (κ3) is 11.2. The molecule has 0 fully saturated rings. The normalized spacial score (nSPS) is 16.3. The van der Waals surface area contributed by atoms with Crippen molar-refractivity contribution in [3.8, 4) is 0 Å². The van der Waals surface area contributed by atoms with Crippen molar-refractivity contribution in [2.24, 2.45) is 11.5 Å². The first-order chi connectivity index (χ1) is 15.2. The first kappa shape index (κ1) is 29.7. The van der Waals surface area contributed by atoms with Crippen LogP contribution in [0.5, 0.6) is 0 Å². The monoisotopic (exact) mass is 477 g/mol. The number of aliphatic hydroxyl groups is 2. The number of amides is 4. The lowest BCUT2D eigenvalue weighted by Gasteiger charge is -2.27. The highest BCUT2D eigenvalue weighted by Crippen LogP contribution is 2.04. The zero-order chi connectivity index (χ0) is 25.9. The molecule has 15 nitrogen and oxygen atoms in total. The fourth-order valence-corrected chi connectivity index (χ4v) is 2.54. The molecule has 0 aromatic carbocycles. The lowest BCUT2D eigenvalue weighted by Crippen LogP contribution is -2.60. The SMILES string of the molecule is CC(O)C(NC(=O)C(NC(=O)C(CCC(=O)O)NC(=O)C(N)CCC(N)=O)C(C)O)C(=O)O. The quantitative estimate of drug-likeness (QED) is 0.109. The fourth-order valence-electron chi connectivity index (χ4n) is 2.54. The molecule has 0 aliphatic rings. The summed E-state index contributed by atoms with van der Waals surface area (Å²) in [5.41, 5.74) is 10.6. The largest absolute Gasteiger partial charge is 0.481 e. The maximum Gasteiger partial charge on any atom is 0.328 e. The van der Waals surface area contributed by atoms with Crippen LogP contribution in [-0.4, -0.2) is 92.4 Å². The molecule has 33 heavy (non-hydrogen) atoms. The van der Waals surface area contributed by atoms with Crippen molar-refractivity contribution in [1.82, 2.24) is 16.0 Å². The summed E-state index contributed by atoms with van der Waals surface area (Å²) in [6, 6.07) is -6.17. The molecule has 0 aromatic heterocycles. The van der Waals surface area contributed by atoms with Gasteiger partial charge < -0.3 is 47.8 Å². The molecular formula is C18H31N5O10. The van der Waals surface area contributed by atoms with Gasteiger partial charge in [0.15, 0.2) is 6.04 Å². The minimum Gasteiger partial charge on any atom is -0.481 e. The van der Waals surface area contributed by atoms with E-state index < -0.39 is 84.8 Å². The Morgan fingerprint density at radius 1 is 0.758 bits per heavy atom. The van der Waals surface area contributed by atoms with Gasteiger partial charge in [0.1, 0.15) is 12.1 Å². The van der Waals surface area contributed by atoms with Crippen LogP contribution in [0.3, 0.4) is 0 Å². The third-order valence-electron chi connectivity index (χ3n) is 4.43. The predicted octanol–water partition coefficient (Wildman–Crippen LogP) is -4.26. The van der Waals surface area contributed by atoms with E-state index in [1.54, 1.807) is 0 Å². The van der Waals surface area contributed by atoms with Crippen molar-refractivity contribution in [3.63, 3.8) is 0 Å². The molecule has 0 bridgehead atoms. The molecule has 0 radical (unpaired) electrons. The summed E-state index contributed by atoms with van der Waals surface area (Å²) >= 11 is 0. The van der Waals surface area contributed by atoms with Gasteiger partial charge in [0.25, 0.3) is 0 Å². The number of hydrogen-bond donors (Lipinski definition) is 9. The van der Waals surface area contributed by atoms with Crippen molar-refractivity contribution >= 4 is 35.6 Å². The Bertz CT molecular complexity index is 742. The first-order valence-electron chi connectivity index (χ1n) is 9.93. The summed E-state index contributed by atoms with van der Waals surface area (Å²) in [7, 11) is 0. The molecule has 6 unspecified atom stereocenters. The van der Waals surface area contributed by atoms with Crippen molar-refractivity contribution in [3.05, 3.63) is 0 Å². The van der Waals surface area contributed by atoms with Crippen LogP contribution < -0.4 is 27.4 Å². The second kappa shape index (κ2) is 14.0. The summed E-state index contributed by atoms with van der Waals surface area (Å²) in [5, 5.41) is 43.6. The number of carboxylic acid groups (broad SMARTS) is 2. The van der Waals surface area contributed by atoms with Crippen molar-refractivity contribution in [2.45, 2.75) is 75.9 Å². The predicted molar refractivity (Wildman–Crippen MR) is 110 cm³/mol. The summed E-state index contributed by atoms with van der Waals surface area (Å²) in [6.45, 7) is 2.22. The van der Waals surface area contributed by atoms with Crippen LogP contribution in [-0.2, 0) is 28.8 Å². The Labute approximate surface area is 188 Å². The van der Waals surface area contributed by atoms with E-state index in [0.717, 1.165) is 13.8 Å². The van der Waals surface area contributed by atoms with E-state index in [-0.39, 0.29) is 12.8 Å². The van der Waals surface area contributed by atoms with Gasteiger partial charge >= 0.3 is 11.9 Å². The second-order valence-corrected chi connectivity index (χ2v) is 7.40. The van der Waals surface area contributed by atoms with E-state index in [0.29, 0.717) is 0 Å². The molecular weight excluding hydrogens is 446 g/mol. The molecule has 0 aromatic rings. The summed E-state index contributed by atoms with van der Waals surface area (Å²) in [5.74, 6) is -6.65. The Morgan fingerprint density at radius 3 is 1.70 bits per heavy atom. The van der Waals surface area contributed by atoms with Gasteiger partial charge in [-0.1, -0.05) is 0 Å². The molecule has 6 atom stereocenters. The molecule has 188 valence electrons. The minimum atomic E-state index is -1.73. The van der Waals surface area contributed by atoms with Gasteiger partial charge in [-0.3, -0.25) is 24.0 Å². The Kier molecular flexibility index (Phi) is 12.6. The number of carbonyl (C=O) groups is 6. The molecule has 0 saturated heterocycles. The highest BCUT2D eigenvalue weighted by Gasteiger charge is 2.34. The fraction of sp³-hybridized carbons (Fsp3) is 0.667. The van der Waals surface area contributed by atoms with Gasteiger partial charge in [0.05, 0.1) is 18.2 Å². The van der Waals surface area contributed by atoms with Crippen molar-refractivity contribution in [2.75, 3.05) is 0 Å². The minimum absolute atomic E-state index is 0.136. The smallest absolute Gasteiger partial charge is 0.328 e. The Morgan fingerprint density at radius 2 is 1.27 bits per heavy atom. The van der Waals surface area contributed by atoms with E-state index in [9.17, 15) is 39.0 Å². The van der Waals surface area contributed by atoms with Crippen LogP contribution >= 0.6 is 0 Å². The van der Waals surface area contributed by atoms with Crippen LogP contribution in [0.2, 0.25) is 0 Å². The molecule has 0 rings (SSSR count). The van der Waals surface area contributed by atoms with E-state index in [1.807, 2.05) is 5.32 Å².